The molecule has 108 valence electrons. The van der Waals surface area contributed by atoms with E-state index < -0.39 is 11.6 Å². The second-order valence-corrected chi connectivity index (χ2v) is 4.32. The average molecular weight is 283 g/mol. The first-order valence-electron chi connectivity index (χ1n) is 6.18. The Bertz CT molecular complexity index is 601. The summed E-state index contributed by atoms with van der Waals surface area (Å²) in [6.07, 6.45) is 1.27. The van der Waals surface area contributed by atoms with Gasteiger partial charge in [-0.2, -0.15) is 4.98 Å². The SMILES string of the molecule is CCCC(OC)c1noc(-c2cc(N)c(F)cc2F)n1. The van der Waals surface area contributed by atoms with Crippen molar-refractivity contribution >= 4 is 5.69 Å². The number of methoxy groups -OCH3 is 1. The van der Waals surface area contributed by atoms with Gasteiger partial charge in [0.05, 0.1) is 11.3 Å². The molecule has 0 aliphatic heterocycles. The van der Waals surface area contributed by atoms with Crippen LogP contribution >= 0.6 is 0 Å². The second kappa shape index (κ2) is 5.96. The van der Waals surface area contributed by atoms with Crippen molar-refractivity contribution in [3.63, 3.8) is 0 Å². The zero-order valence-corrected chi connectivity index (χ0v) is 11.2. The summed E-state index contributed by atoms with van der Waals surface area (Å²) in [5.74, 6) is -1.36. The van der Waals surface area contributed by atoms with Crippen LogP contribution in [0.25, 0.3) is 11.5 Å². The lowest BCUT2D eigenvalue weighted by Crippen LogP contribution is -2.03. The molecule has 1 aromatic carbocycles. The molecule has 1 atom stereocenters. The van der Waals surface area contributed by atoms with Gasteiger partial charge in [-0.15, -0.1) is 0 Å². The van der Waals surface area contributed by atoms with Gasteiger partial charge in [0.2, 0.25) is 5.82 Å². The van der Waals surface area contributed by atoms with Gasteiger partial charge in [-0.1, -0.05) is 18.5 Å². The molecule has 2 N–H and O–H groups in total. The molecule has 5 nitrogen and oxygen atoms in total. The third-order valence-electron chi connectivity index (χ3n) is 2.88. The zero-order chi connectivity index (χ0) is 14.7. The highest BCUT2D eigenvalue weighted by Crippen LogP contribution is 2.27. The minimum Gasteiger partial charge on any atom is -0.396 e. The molecule has 1 aromatic heterocycles. The van der Waals surface area contributed by atoms with Gasteiger partial charge >= 0.3 is 0 Å². The summed E-state index contributed by atoms with van der Waals surface area (Å²) in [6.45, 7) is 1.99. The number of ether oxygens (including phenoxy) is 1. The molecular formula is C13H15F2N3O2. The van der Waals surface area contributed by atoms with E-state index in [-0.39, 0.29) is 23.2 Å². The standard InChI is InChI=1S/C13H15F2N3O2/c1-3-4-11(19-2)12-17-13(20-18-12)7-5-10(16)9(15)6-8(7)14/h5-6,11H,3-4,16H2,1-2H3. The maximum atomic E-state index is 13.7. The molecule has 2 aromatic rings. The molecule has 7 heteroatoms. The number of rotatable bonds is 5. The Kier molecular flexibility index (Phi) is 4.29. The van der Waals surface area contributed by atoms with Crippen LogP contribution in [0.4, 0.5) is 14.5 Å². The van der Waals surface area contributed by atoms with E-state index in [1.807, 2.05) is 6.92 Å². The van der Waals surface area contributed by atoms with Crippen LogP contribution < -0.4 is 5.73 Å². The highest BCUT2D eigenvalue weighted by Gasteiger charge is 2.20. The first kappa shape index (κ1) is 14.4. The minimum atomic E-state index is -0.827. The van der Waals surface area contributed by atoms with Gasteiger partial charge in [0, 0.05) is 13.2 Å². The number of nitrogen functional groups attached to an aromatic ring is 1. The Labute approximate surface area is 114 Å². The molecule has 0 saturated heterocycles. The maximum absolute atomic E-state index is 13.7. The van der Waals surface area contributed by atoms with Crippen molar-refractivity contribution in [1.82, 2.24) is 10.1 Å². The van der Waals surface area contributed by atoms with Crippen molar-refractivity contribution in [2.45, 2.75) is 25.9 Å². The quantitative estimate of drug-likeness (QED) is 0.853. The molecule has 0 fully saturated rings. The van der Waals surface area contributed by atoms with E-state index in [4.69, 9.17) is 15.0 Å². The number of benzene rings is 1. The molecule has 20 heavy (non-hydrogen) atoms. The lowest BCUT2D eigenvalue weighted by molar-refractivity contribution is 0.0854. The van der Waals surface area contributed by atoms with E-state index in [0.717, 1.165) is 12.5 Å². The van der Waals surface area contributed by atoms with Crippen molar-refractivity contribution in [3.8, 4) is 11.5 Å². The number of nitrogens with zero attached hydrogens (tertiary/aromatic N) is 2. The summed E-state index contributed by atoms with van der Waals surface area (Å²) in [6, 6.07) is 1.82. The number of hydrogen-bond acceptors (Lipinski definition) is 5. The topological polar surface area (TPSA) is 74.2 Å². The van der Waals surface area contributed by atoms with Gasteiger partial charge in [0.1, 0.15) is 17.7 Å². The molecule has 0 radical (unpaired) electrons. The first-order valence-corrected chi connectivity index (χ1v) is 6.18. The van der Waals surface area contributed by atoms with Crippen molar-refractivity contribution in [1.29, 1.82) is 0 Å². The molecule has 0 aliphatic carbocycles. The number of nitrogens with two attached hydrogens (primary N) is 1. The normalized spacial score (nSPS) is 12.6. The largest absolute Gasteiger partial charge is 0.396 e. The third kappa shape index (κ3) is 2.77. The number of hydrogen-bond donors (Lipinski definition) is 1. The van der Waals surface area contributed by atoms with Crippen LogP contribution in [0.1, 0.15) is 31.7 Å². The summed E-state index contributed by atoms with van der Waals surface area (Å²) in [7, 11) is 1.53. The molecule has 2 rings (SSSR count). The van der Waals surface area contributed by atoms with Gasteiger partial charge in [-0.05, 0) is 12.5 Å². The lowest BCUT2D eigenvalue weighted by Gasteiger charge is -2.08. The number of halogens is 2. The molecule has 0 amide bonds. The van der Waals surface area contributed by atoms with Crippen molar-refractivity contribution in [2.24, 2.45) is 0 Å². The van der Waals surface area contributed by atoms with Crippen LogP contribution in [0, 0.1) is 11.6 Å². The average Bonchev–Trinajstić information content (AvgIpc) is 2.89. The molecule has 0 spiro atoms. The smallest absolute Gasteiger partial charge is 0.261 e. The maximum Gasteiger partial charge on any atom is 0.261 e. The summed E-state index contributed by atoms with van der Waals surface area (Å²) in [4.78, 5) is 4.08. The first-order chi connectivity index (χ1) is 9.56. The summed E-state index contributed by atoms with van der Waals surface area (Å²) in [5.41, 5.74) is 5.20. The zero-order valence-electron chi connectivity index (χ0n) is 11.2. The van der Waals surface area contributed by atoms with Crippen LogP contribution in [-0.2, 0) is 4.74 Å². The molecule has 0 saturated carbocycles. The Balaban J connectivity index is 2.35. The van der Waals surface area contributed by atoms with E-state index in [9.17, 15) is 8.78 Å². The molecular weight excluding hydrogens is 268 g/mol. The van der Waals surface area contributed by atoms with Crippen molar-refractivity contribution in [3.05, 3.63) is 29.6 Å². The fraction of sp³-hybridized carbons (Fsp3) is 0.385. The minimum absolute atomic E-state index is 0.0333. The second-order valence-electron chi connectivity index (χ2n) is 4.32. The predicted octanol–water partition coefficient (Wildman–Crippen LogP) is 3.08. The Morgan fingerprint density at radius 3 is 2.75 bits per heavy atom. The number of aromatic nitrogens is 2. The monoisotopic (exact) mass is 283 g/mol. The van der Waals surface area contributed by atoms with Gasteiger partial charge in [0.15, 0.2) is 0 Å². The van der Waals surface area contributed by atoms with Crippen LogP contribution in [0.5, 0.6) is 0 Å². The highest BCUT2D eigenvalue weighted by atomic mass is 19.1. The van der Waals surface area contributed by atoms with E-state index in [1.54, 1.807) is 0 Å². The van der Waals surface area contributed by atoms with Crippen LogP contribution in [0.15, 0.2) is 16.7 Å². The summed E-state index contributed by atoms with van der Waals surface area (Å²) in [5, 5.41) is 3.76. The number of anilines is 1. The molecule has 0 bridgehead atoms. The van der Waals surface area contributed by atoms with Gasteiger partial charge < -0.3 is 15.0 Å². The van der Waals surface area contributed by atoms with Crippen molar-refractivity contribution < 1.29 is 18.0 Å². The summed E-state index contributed by atoms with van der Waals surface area (Å²) >= 11 is 0. The van der Waals surface area contributed by atoms with Crippen LogP contribution in [0.3, 0.4) is 0 Å². The highest BCUT2D eigenvalue weighted by molar-refractivity contribution is 5.61. The van der Waals surface area contributed by atoms with E-state index in [2.05, 4.69) is 10.1 Å². The Morgan fingerprint density at radius 2 is 2.10 bits per heavy atom. The van der Waals surface area contributed by atoms with Crippen molar-refractivity contribution in [2.75, 3.05) is 12.8 Å². The lowest BCUT2D eigenvalue weighted by atomic mass is 10.1. The van der Waals surface area contributed by atoms with Gasteiger partial charge in [0.25, 0.3) is 5.89 Å². The molecule has 0 aliphatic rings. The Morgan fingerprint density at radius 1 is 1.35 bits per heavy atom. The van der Waals surface area contributed by atoms with Crippen LogP contribution in [0.2, 0.25) is 0 Å². The third-order valence-corrected chi connectivity index (χ3v) is 2.88. The molecule has 1 heterocycles. The van der Waals surface area contributed by atoms with Gasteiger partial charge in [-0.3, -0.25) is 0 Å². The summed E-state index contributed by atoms with van der Waals surface area (Å²) < 4.78 is 37.0. The van der Waals surface area contributed by atoms with Gasteiger partial charge in [-0.25, -0.2) is 8.78 Å². The van der Waals surface area contributed by atoms with Crippen LogP contribution in [-0.4, -0.2) is 17.3 Å². The fourth-order valence-corrected chi connectivity index (χ4v) is 1.82. The molecule has 1 unspecified atom stereocenters. The predicted molar refractivity (Wildman–Crippen MR) is 68.7 cm³/mol. The van der Waals surface area contributed by atoms with E-state index in [1.165, 1.54) is 7.11 Å². The van der Waals surface area contributed by atoms with E-state index >= 15 is 0 Å². The van der Waals surface area contributed by atoms with E-state index in [0.29, 0.717) is 18.3 Å². The Hall–Kier alpha value is -2.02. The fourth-order valence-electron chi connectivity index (χ4n) is 1.82.